The van der Waals surface area contributed by atoms with Gasteiger partial charge in [-0.3, -0.25) is 9.78 Å². The summed E-state index contributed by atoms with van der Waals surface area (Å²) >= 11 is 1.35. The first kappa shape index (κ1) is 16.3. The van der Waals surface area contributed by atoms with Crippen molar-refractivity contribution in [3.05, 3.63) is 70.7 Å². The molecule has 24 heavy (non-hydrogen) atoms. The lowest BCUT2D eigenvalue weighted by atomic mass is 10.2. The first-order chi connectivity index (χ1) is 11.6. The fourth-order valence-corrected chi connectivity index (χ4v) is 3.34. The average molecular weight is 341 g/mol. The molecular weight excluding hydrogens is 325 g/mol. The van der Waals surface area contributed by atoms with Gasteiger partial charge in [-0.25, -0.2) is 9.37 Å². The van der Waals surface area contributed by atoms with Gasteiger partial charge in [-0.15, -0.1) is 11.3 Å². The van der Waals surface area contributed by atoms with Crippen molar-refractivity contribution in [2.75, 3.05) is 0 Å². The molecule has 0 aliphatic rings. The van der Waals surface area contributed by atoms with Gasteiger partial charge in [0.05, 0.1) is 12.1 Å². The van der Waals surface area contributed by atoms with Gasteiger partial charge in [0.25, 0.3) is 0 Å². The molecule has 4 nitrogen and oxygen atoms in total. The number of hydrogen-bond donors (Lipinski definition) is 1. The second-order valence-corrected chi connectivity index (χ2v) is 6.40. The zero-order valence-corrected chi connectivity index (χ0v) is 13.9. The van der Waals surface area contributed by atoms with Crippen LogP contribution < -0.4 is 5.32 Å². The molecule has 6 heteroatoms. The van der Waals surface area contributed by atoms with E-state index in [0.29, 0.717) is 17.1 Å². The van der Waals surface area contributed by atoms with Gasteiger partial charge in [0.1, 0.15) is 10.8 Å². The van der Waals surface area contributed by atoms with Crippen molar-refractivity contribution in [2.45, 2.75) is 19.9 Å². The lowest BCUT2D eigenvalue weighted by Gasteiger charge is -2.04. The molecule has 3 aromatic rings. The smallest absolute Gasteiger partial charge is 0.225 e. The molecular formula is C18H16FN3OS. The second-order valence-electron chi connectivity index (χ2n) is 5.32. The van der Waals surface area contributed by atoms with Crippen LogP contribution in [0.2, 0.25) is 0 Å². The van der Waals surface area contributed by atoms with E-state index in [1.54, 1.807) is 30.6 Å². The third kappa shape index (κ3) is 3.83. The van der Waals surface area contributed by atoms with Crippen LogP contribution in [0.3, 0.4) is 0 Å². The van der Waals surface area contributed by atoms with Gasteiger partial charge in [0, 0.05) is 29.4 Å². The molecule has 0 saturated heterocycles. The van der Waals surface area contributed by atoms with Crippen molar-refractivity contribution in [1.82, 2.24) is 15.3 Å². The molecule has 0 atom stereocenters. The largest absolute Gasteiger partial charge is 0.352 e. The Hall–Kier alpha value is -2.60. The van der Waals surface area contributed by atoms with Gasteiger partial charge in [-0.05, 0) is 36.8 Å². The number of aromatic nitrogens is 2. The number of carbonyl (C=O) groups is 1. The number of rotatable bonds is 5. The maximum Gasteiger partial charge on any atom is 0.225 e. The van der Waals surface area contributed by atoms with Crippen molar-refractivity contribution in [3.8, 4) is 10.6 Å². The van der Waals surface area contributed by atoms with E-state index in [1.807, 2.05) is 19.1 Å². The average Bonchev–Trinajstić information content (AvgIpc) is 2.95. The van der Waals surface area contributed by atoms with Crippen molar-refractivity contribution < 1.29 is 9.18 Å². The second kappa shape index (κ2) is 7.31. The number of nitrogens with zero attached hydrogens (tertiary/aromatic N) is 2. The molecule has 1 aromatic carbocycles. The predicted octanol–water partition coefficient (Wildman–Crippen LogP) is 3.51. The summed E-state index contributed by atoms with van der Waals surface area (Å²) in [6.07, 6.45) is 3.62. The Morgan fingerprint density at radius 2 is 1.96 bits per heavy atom. The highest BCUT2D eigenvalue weighted by Crippen LogP contribution is 2.29. The minimum Gasteiger partial charge on any atom is -0.352 e. The maximum absolute atomic E-state index is 13.9. The van der Waals surface area contributed by atoms with Crippen LogP contribution in [-0.4, -0.2) is 15.9 Å². The van der Waals surface area contributed by atoms with Crippen LogP contribution in [0.25, 0.3) is 10.6 Å². The summed E-state index contributed by atoms with van der Waals surface area (Å²) in [5.41, 5.74) is 2.22. The third-order valence-corrected chi connectivity index (χ3v) is 4.75. The molecule has 1 amide bonds. The van der Waals surface area contributed by atoms with Crippen LogP contribution in [0.1, 0.15) is 16.1 Å². The summed E-state index contributed by atoms with van der Waals surface area (Å²) in [5.74, 6) is -0.390. The number of pyridine rings is 1. The summed E-state index contributed by atoms with van der Waals surface area (Å²) in [6.45, 7) is 2.30. The summed E-state index contributed by atoms with van der Waals surface area (Å²) < 4.78 is 13.9. The number of halogens is 1. The summed E-state index contributed by atoms with van der Waals surface area (Å²) in [7, 11) is 0. The van der Waals surface area contributed by atoms with Crippen LogP contribution in [0.4, 0.5) is 4.39 Å². The molecule has 0 unspecified atom stereocenters. The highest BCUT2D eigenvalue weighted by atomic mass is 32.1. The number of thiazole rings is 1. The van der Waals surface area contributed by atoms with E-state index in [4.69, 9.17) is 0 Å². The van der Waals surface area contributed by atoms with E-state index in [0.717, 1.165) is 16.1 Å². The standard InChI is InChI=1S/C18H16FN3OS/c1-12-16(10-17(23)21-11-13-6-8-20-9-7-13)24-18(22-12)14-4-2-3-5-15(14)19/h2-9H,10-11H2,1H3,(H,21,23). The minimum absolute atomic E-state index is 0.0846. The zero-order valence-electron chi connectivity index (χ0n) is 13.1. The Morgan fingerprint density at radius 3 is 2.71 bits per heavy atom. The molecule has 0 aliphatic carbocycles. The summed E-state index contributed by atoms with van der Waals surface area (Å²) in [4.78, 5) is 21.3. The molecule has 3 rings (SSSR count). The predicted molar refractivity (Wildman–Crippen MR) is 92.0 cm³/mol. The lowest BCUT2D eigenvalue weighted by Crippen LogP contribution is -2.24. The zero-order chi connectivity index (χ0) is 16.9. The van der Waals surface area contributed by atoms with Crippen molar-refractivity contribution in [1.29, 1.82) is 0 Å². The van der Waals surface area contributed by atoms with Crippen molar-refractivity contribution >= 4 is 17.2 Å². The molecule has 0 aliphatic heterocycles. The van der Waals surface area contributed by atoms with Crippen molar-refractivity contribution in [3.63, 3.8) is 0 Å². The lowest BCUT2D eigenvalue weighted by molar-refractivity contribution is -0.120. The topological polar surface area (TPSA) is 54.9 Å². The number of benzene rings is 1. The molecule has 1 N–H and O–H groups in total. The Bertz CT molecular complexity index is 848. The van der Waals surface area contributed by atoms with Gasteiger partial charge in [0.2, 0.25) is 5.91 Å². The number of amides is 1. The number of carbonyl (C=O) groups excluding carboxylic acids is 1. The van der Waals surface area contributed by atoms with Gasteiger partial charge in [-0.1, -0.05) is 12.1 Å². The van der Waals surface area contributed by atoms with Gasteiger partial charge < -0.3 is 5.32 Å². The molecule has 0 bridgehead atoms. The maximum atomic E-state index is 13.9. The minimum atomic E-state index is -0.306. The van der Waals surface area contributed by atoms with Crippen LogP contribution >= 0.6 is 11.3 Å². The van der Waals surface area contributed by atoms with E-state index in [-0.39, 0.29) is 18.1 Å². The Balaban J connectivity index is 1.67. The summed E-state index contributed by atoms with van der Waals surface area (Å²) in [6, 6.07) is 10.2. The monoisotopic (exact) mass is 341 g/mol. The normalized spacial score (nSPS) is 10.6. The molecule has 2 aromatic heterocycles. The van der Waals surface area contributed by atoms with Crippen LogP contribution in [0.5, 0.6) is 0 Å². The Labute approximate surface area is 143 Å². The fourth-order valence-electron chi connectivity index (χ4n) is 2.25. The van der Waals surface area contributed by atoms with E-state index in [1.165, 1.54) is 17.4 Å². The fraction of sp³-hybridized carbons (Fsp3) is 0.167. The highest BCUT2D eigenvalue weighted by Gasteiger charge is 2.15. The van der Waals surface area contributed by atoms with Crippen LogP contribution in [0.15, 0.2) is 48.8 Å². The number of aryl methyl sites for hydroxylation is 1. The van der Waals surface area contributed by atoms with E-state index in [2.05, 4.69) is 15.3 Å². The molecule has 122 valence electrons. The van der Waals surface area contributed by atoms with Gasteiger partial charge in [-0.2, -0.15) is 0 Å². The number of nitrogens with one attached hydrogen (secondary N) is 1. The van der Waals surface area contributed by atoms with Crippen molar-refractivity contribution in [2.24, 2.45) is 0 Å². The molecule has 0 radical (unpaired) electrons. The number of hydrogen-bond acceptors (Lipinski definition) is 4. The molecule has 0 spiro atoms. The van der Waals surface area contributed by atoms with E-state index < -0.39 is 0 Å². The Morgan fingerprint density at radius 1 is 1.21 bits per heavy atom. The first-order valence-corrected chi connectivity index (χ1v) is 8.32. The Kier molecular flexibility index (Phi) is 4.96. The SMILES string of the molecule is Cc1nc(-c2ccccc2F)sc1CC(=O)NCc1ccncc1. The van der Waals surface area contributed by atoms with E-state index in [9.17, 15) is 9.18 Å². The molecule has 0 fully saturated rings. The van der Waals surface area contributed by atoms with Crippen LogP contribution in [-0.2, 0) is 17.8 Å². The van der Waals surface area contributed by atoms with Gasteiger partial charge in [0.15, 0.2) is 0 Å². The first-order valence-electron chi connectivity index (χ1n) is 7.50. The molecule has 2 heterocycles. The van der Waals surface area contributed by atoms with E-state index >= 15 is 0 Å². The highest BCUT2D eigenvalue weighted by molar-refractivity contribution is 7.15. The quantitative estimate of drug-likeness (QED) is 0.773. The van der Waals surface area contributed by atoms with Crippen LogP contribution in [0, 0.1) is 12.7 Å². The molecule has 0 saturated carbocycles. The van der Waals surface area contributed by atoms with Gasteiger partial charge >= 0.3 is 0 Å². The summed E-state index contributed by atoms with van der Waals surface area (Å²) in [5, 5.41) is 3.47. The third-order valence-electron chi connectivity index (χ3n) is 3.56.